The Labute approximate surface area is 211 Å². The van der Waals surface area contributed by atoms with E-state index in [0.29, 0.717) is 51.6 Å². The number of nitrogens with one attached hydrogen (secondary N) is 1. The molecule has 2 N–H and O–H groups in total. The predicted molar refractivity (Wildman–Crippen MR) is 141 cm³/mol. The number of rotatable bonds is 10. The van der Waals surface area contributed by atoms with Crippen molar-refractivity contribution in [2.75, 3.05) is 18.4 Å². The van der Waals surface area contributed by atoms with Crippen LogP contribution >= 0.6 is 0 Å². The molecule has 36 heavy (non-hydrogen) atoms. The van der Waals surface area contributed by atoms with Gasteiger partial charge in [0.1, 0.15) is 17.6 Å². The van der Waals surface area contributed by atoms with Gasteiger partial charge in [0.25, 0.3) is 5.91 Å². The molecule has 1 amide bonds. The third-order valence-electron chi connectivity index (χ3n) is 5.56. The Morgan fingerprint density at radius 3 is 2.69 bits per heavy atom. The summed E-state index contributed by atoms with van der Waals surface area (Å²) in [6.45, 7) is 11.9. The quantitative estimate of drug-likeness (QED) is 0.315. The molecule has 0 saturated carbocycles. The fourth-order valence-corrected chi connectivity index (χ4v) is 3.76. The predicted octanol–water partition coefficient (Wildman–Crippen LogP) is 4.82. The summed E-state index contributed by atoms with van der Waals surface area (Å²) in [7, 11) is 0. The molecule has 0 bridgehead atoms. The van der Waals surface area contributed by atoms with Crippen molar-refractivity contribution < 1.29 is 14.6 Å². The summed E-state index contributed by atoms with van der Waals surface area (Å²) in [5, 5.41) is 27.0. The maximum Gasteiger partial charge on any atom is 0.255 e. The number of anilines is 1. The van der Waals surface area contributed by atoms with Crippen molar-refractivity contribution in [3.63, 3.8) is 0 Å². The van der Waals surface area contributed by atoms with Gasteiger partial charge >= 0.3 is 0 Å². The zero-order chi connectivity index (χ0) is 26.2. The third-order valence-corrected chi connectivity index (χ3v) is 5.56. The van der Waals surface area contributed by atoms with Gasteiger partial charge in [-0.1, -0.05) is 24.8 Å². The first kappa shape index (κ1) is 26.3. The highest BCUT2D eigenvalue weighted by Crippen LogP contribution is 2.29. The Bertz CT molecular complexity index is 1350. The van der Waals surface area contributed by atoms with E-state index in [-0.39, 0.29) is 12.5 Å². The van der Waals surface area contributed by atoms with Gasteiger partial charge in [0, 0.05) is 25.0 Å². The van der Waals surface area contributed by atoms with Gasteiger partial charge in [-0.25, -0.2) is 4.52 Å². The average Bonchev–Trinajstić information content (AvgIpc) is 3.21. The first-order valence-corrected chi connectivity index (χ1v) is 11.7. The summed E-state index contributed by atoms with van der Waals surface area (Å²) < 4.78 is 7.45. The van der Waals surface area contributed by atoms with Crippen molar-refractivity contribution in [2.24, 2.45) is 0 Å². The van der Waals surface area contributed by atoms with Crippen LogP contribution < -0.4 is 10.1 Å². The smallest absolute Gasteiger partial charge is 0.255 e. The molecule has 1 aromatic carbocycles. The fourth-order valence-electron chi connectivity index (χ4n) is 3.76. The average molecular weight is 486 g/mol. The molecule has 2 heterocycles. The minimum Gasteiger partial charge on any atom is -0.458 e. The number of aromatic nitrogens is 2. The lowest BCUT2D eigenvalue weighted by atomic mass is 10.1. The van der Waals surface area contributed by atoms with E-state index >= 15 is 0 Å². The molecule has 0 spiro atoms. The van der Waals surface area contributed by atoms with E-state index in [1.165, 1.54) is 6.20 Å². The highest BCUT2D eigenvalue weighted by atomic mass is 16.5. The lowest BCUT2D eigenvalue weighted by molar-refractivity contribution is 0.0659. The Morgan fingerprint density at radius 1 is 1.36 bits per heavy atom. The molecule has 0 aliphatic heterocycles. The van der Waals surface area contributed by atoms with E-state index in [1.54, 1.807) is 34.7 Å². The normalized spacial score (nSPS) is 12.4. The molecule has 0 saturated heterocycles. The number of nitrogens with zero attached hydrogens (tertiary/aromatic N) is 4. The number of ether oxygens (including phenoxy) is 1. The second-order valence-corrected chi connectivity index (χ2v) is 8.29. The molecule has 8 nitrogen and oxygen atoms in total. The van der Waals surface area contributed by atoms with Crippen LogP contribution in [0.25, 0.3) is 5.52 Å². The highest BCUT2D eigenvalue weighted by molar-refractivity contribution is 6.00. The van der Waals surface area contributed by atoms with E-state index in [0.717, 1.165) is 0 Å². The molecule has 3 rings (SSSR count). The van der Waals surface area contributed by atoms with Crippen molar-refractivity contribution in [2.45, 2.75) is 33.8 Å². The molecule has 0 aliphatic carbocycles. The van der Waals surface area contributed by atoms with Crippen molar-refractivity contribution in [3.05, 3.63) is 95.7 Å². The van der Waals surface area contributed by atoms with E-state index in [1.807, 2.05) is 57.2 Å². The molecule has 0 radical (unpaired) electrons. The number of aliphatic hydroxyl groups excluding tert-OH is 1. The fraction of sp³-hybridized carbons (Fsp3) is 0.250. The molecule has 3 aromatic rings. The minimum absolute atomic E-state index is 0.208. The second-order valence-electron chi connectivity index (χ2n) is 8.29. The molecule has 2 aromatic heterocycles. The van der Waals surface area contributed by atoms with E-state index in [2.05, 4.69) is 23.1 Å². The third kappa shape index (κ3) is 6.01. The van der Waals surface area contributed by atoms with Gasteiger partial charge in [0.2, 0.25) is 0 Å². The first-order valence-electron chi connectivity index (χ1n) is 11.7. The zero-order valence-corrected chi connectivity index (χ0v) is 21.0. The first-order chi connectivity index (χ1) is 17.3. The van der Waals surface area contributed by atoms with Gasteiger partial charge in [0.15, 0.2) is 0 Å². The Balaban J connectivity index is 1.91. The van der Waals surface area contributed by atoms with Crippen LogP contribution in [0.15, 0.2) is 79.0 Å². The van der Waals surface area contributed by atoms with Crippen molar-refractivity contribution in [3.8, 4) is 11.8 Å². The summed E-state index contributed by atoms with van der Waals surface area (Å²) in [5.41, 5.74) is 3.08. The number of likely N-dealkylation sites (N-methyl/N-ethyl adjacent to an activating group) is 1. The van der Waals surface area contributed by atoms with Crippen LogP contribution in [-0.2, 0) is 0 Å². The lowest BCUT2D eigenvalue weighted by Crippen LogP contribution is -2.36. The Hall–Kier alpha value is -4.35. The maximum absolute atomic E-state index is 13.2. The molecular weight excluding hydrogens is 454 g/mol. The molecule has 8 heteroatoms. The van der Waals surface area contributed by atoms with E-state index in [4.69, 9.17) is 4.74 Å². The summed E-state index contributed by atoms with van der Waals surface area (Å²) in [5.74, 6) is 1.14. The number of aliphatic hydroxyl groups is 1. The van der Waals surface area contributed by atoms with Crippen molar-refractivity contribution >= 4 is 17.1 Å². The van der Waals surface area contributed by atoms with Crippen LogP contribution in [0, 0.1) is 18.3 Å². The van der Waals surface area contributed by atoms with Gasteiger partial charge in [-0.05, 0) is 63.6 Å². The molecular formula is C28H31N5O3. The number of nitriles is 1. The molecule has 186 valence electrons. The number of amides is 1. The molecule has 1 atom stereocenters. The van der Waals surface area contributed by atoms with Crippen molar-refractivity contribution in [1.82, 2.24) is 14.5 Å². The molecule has 0 aliphatic rings. The van der Waals surface area contributed by atoms with Crippen LogP contribution in [-0.4, -0.2) is 44.7 Å². The topological polar surface area (TPSA) is 103 Å². The van der Waals surface area contributed by atoms with E-state index < -0.39 is 6.10 Å². The van der Waals surface area contributed by atoms with Crippen LogP contribution in [0.1, 0.15) is 42.3 Å². The number of aryl methyl sites for hydroxylation is 1. The Kier molecular flexibility index (Phi) is 8.66. The lowest BCUT2D eigenvalue weighted by Gasteiger charge is -2.22. The monoisotopic (exact) mass is 485 g/mol. The molecule has 1 unspecified atom stereocenters. The SMILES string of the molecule is C=C(/C=C\C(=C/C)Oc1ccccc1)Nc1c(C#N)cnn2cc(C(=O)N(CC)CC(C)O)c(C)c12. The second kappa shape index (κ2) is 11.9. The van der Waals surface area contributed by atoms with Gasteiger partial charge in [-0.3, -0.25) is 4.79 Å². The standard InChI is InChI=1S/C28H31N5O3/c1-6-23(36-24-11-9-8-10-12-24)14-13-19(3)31-26-22(15-29)16-30-33-18-25(21(5)27(26)33)28(35)32(7-2)17-20(4)34/h6,8-14,16,18,20,31,34H,3,7,17H2,1-2,4-5H3/b14-13-,23-6+. The number of para-hydroxylation sites is 1. The number of carbonyl (C=O) groups is 1. The molecule has 0 fully saturated rings. The van der Waals surface area contributed by atoms with Gasteiger partial charge in [0.05, 0.1) is 34.6 Å². The number of hydrogen-bond donors (Lipinski definition) is 2. The van der Waals surface area contributed by atoms with Crippen LogP contribution in [0.3, 0.4) is 0 Å². The van der Waals surface area contributed by atoms with Gasteiger partial charge < -0.3 is 20.1 Å². The number of allylic oxidation sites excluding steroid dienone is 3. The van der Waals surface area contributed by atoms with Crippen LogP contribution in [0.5, 0.6) is 5.75 Å². The zero-order valence-electron chi connectivity index (χ0n) is 21.0. The maximum atomic E-state index is 13.2. The van der Waals surface area contributed by atoms with Gasteiger partial charge in [-0.2, -0.15) is 10.4 Å². The highest BCUT2D eigenvalue weighted by Gasteiger charge is 2.23. The summed E-state index contributed by atoms with van der Waals surface area (Å²) in [6.07, 6.45) is 7.82. The summed E-state index contributed by atoms with van der Waals surface area (Å²) in [6, 6.07) is 11.6. The van der Waals surface area contributed by atoms with Crippen LogP contribution in [0.2, 0.25) is 0 Å². The number of carbonyl (C=O) groups excluding carboxylic acids is 1. The largest absolute Gasteiger partial charge is 0.458 e. The number of fused-ring (bicyclic) bond motifs is 1. The number of hydrogen-bond acceptors (Lipinski definition) is 6. The Morgan fingerprint density at radius 2 is 2.08 bits per heavy atom. The summed E-state index contributed by atoms with van der Waals surface area (Å²) >= 11 is 0. The van der Waals surface area contributed by atoms with Crippen LogP contribution in [0.4, 0.5) is 5.69 Å². The minimum atomic E-state index is -0.644. The number of benzene rings is 1. The van der Waals surface area contributed by atoms with E-state index in [9.17, 15) is 15.2 Å². The summed E-state index contributed by atoms with van der Waals surface area (Å²) in [4.78, 5) is 14.8. The van der Waals surface area contributed by atoms with Gasteiger partial charge in [-0.15, -0.1) is 0 Å². The van der Waals surface area contributed by atoms with Crippen molar-refractivity contribution in [1.29, 1.82) is 5.26 Å².